The van der Waals surface area contributed by atoms with Crippen LogP contribution in [0.2, 0.25) is 0 Å². The minimum atomic E-state index is -1.02. The first-order valence-corrected chi connectivity index (χ1v) is 12.7. The van der Waals surface area contributed by atoms with Gasteiger partial charge in [0.25, 0.3) is 0 Å². The fourth-order valence-electron chi connectivity index (χ4n) is 5.41. The van der Waals surface area contributed by atoms with Crippen molar-refractivity contribution >= 4 is 12.6 Å². The van der Waals surface area contributed by atoms with E-state index in [1.807, 2.05) is 27.7 Å². The van der Waals surface area contributed by atoms with Gasteiger partial charge in [0, 0.05) is 17.6 Å². The van der Waals surface area contributed by atoms with Crippen molar-refractivity contribution in [3.8, 4) is 0 Å². The highest BCUT2D eigenvalue weighted by atomic mass is 32.1. The lowest BCUT2D eigenvalue weighted by atomic mass is 9.77. The number of aliphatic hydroxyl groups is 4. The molecule has 3 fully saturated rings. The molecule has 2 saturated heterocycles. The van der Waals surface area contributed by atoms with E-state index in [0.717, 1.165) is 6.42 Å². The van der Waals surface area contributed by atoms with Gasteiger partial charge in [-0.25, -0.2) is 0 Å². The van der Waals surface area contributed by atoms with Gasteiger partial charge in [0.2, 0.25) is 0 Å². The SMILES string of the molecule is CCC1OC(OC2C(C)CC(C)[C@@H](OC3OC(CS)C(O)C(C)C3O)C2O)C(C)CC1O. The number of hydrogen-bond donors (Lipinski definition) is 5. The van der Waals surface area contributed by atoms with Gasteiger partial charge in [-0.2, -0.15) is 12.6 Å². The average Bonchev–Trinajstić information content (AvgIpc) is 2.75. The van der Waals surface area contributed by atoms with E-state index in [2.05, 4.69) is 12.6 Å². The first-order valence-electron chi connectivity index (χ1n) is 12.0. The van der Waals surface area contributed by atoms with Crippen LogP contribution in [0.15, 0.2) is 0 Å². The van der Waals surface area contributed by atoms with Crippen molar-refractivity contribution in [2.24, 2.45) is 23.7 Å². The molecular formula is C23H42O8S. The minimum absolute atomic E-state index is 0.00657. The molecule has 0 aromatic carbocycles. The number of rotatable bonds is 6. The summed E-state index contributed by atoms with van der Waals surface area (Å²) in [6.45, 7) is 9.75. The van der Waals surface area contributed by atoms with Crippen LogP contribution < -0.4 is 0 Å². The second-order valence-electron chi connectivity index (χ2n) is 10.2. The summed E-state index contributed by atoms with van der Waals surface area (Å²) in [5.41, 5.74) is 0. The summed E-state index contributed by atoms with van der Waals surface area (Å²) >= 11 is 4.24. The maximum Gasteiger partial charge on any atom is 0.184 e. The molecule has 0 bridgehead atoms. The summed E-state index contributed by atoms with van der Waals surface area (Å²) < 4.78 is 24.3. The highest BCUT2D eigenvalue weighted by Gasteiger charge is 2.49. The molecule has 4 N–H and O–H groups in total. The Balaban J connectivity index is 1.70. The van der Waals surface area contributed by atoms with Crippen LogP contribution in [-0.2, 0) is 18.9 Å². The fraction of sp³-hybridized carbons (Fsp3) is 1.00. The zero-order valence-electron chi connectivity index (χ0n) is 19.8. The monoisotopic (exact) mass is 478 g/mol. The van der Waals surface area contributed by atoms with Crippen molar-refractivity contribution in [2.75, 3.05) is 5.75 Å². The molecule has 32 heavy (non-hydrogen) atoms. The zero-order chi connectivity index (χ0) is 23.7. The predicted molar refractivity (Wildman–Crippen MR) is 121 cm³/mol. The molecule has 3 rings (SSSR count). The van der Waals surface area contributed by atoms with Crippen LogP contribution >= 0.6 is 12.6 Å². The number of thiol groups is 1. The first-order chi connectivity index (χ1) is 15.1. The van der Waals surface area contributed by atoms with Crippen LogP contribution in [0.25, 0.3) is 0 Å². The molecule has 1 aliphatic carbocycles. The summed E-state index contributed by atoms with van der Waals surface area (Å²) in [7, 11) is 0. The second kappa shape index (κ2) is 11.2. The summed E-state index contributed by atoms with van der Waals surface area (Å²) in [6.07, 6.45) is -4.71. The molecule has 0 radical (unpaired) electrons. The standard InChI is InChI=1S/C23H42O8S/c1-6-15-14(24)8-12(4)22(28-15)30-20-10(2)7-11(3)21(19(20)27)31-23-18(26)13(5)17(25)16(9-32)29-23/h10-27,32H,6-9H2,1-5H3/t10?,11?,12?,13?,14?,15?,16?,17?,18?,19?,20?,21-,22?,23?/m1/s1. The minimum Gasteiger partial charge on any atom is -0.390 e. The molecule has 14 atom stereocenters. The lowest BCUT2D eigenvalue weighted by Gasteiger charge is -2.48. The molecule has 188 valence electrons. The summed E-state index contributed by atoms with van der Waals surface area (Å²) in [6, 6.07) is 0. The molecule has 0 amide bonds. The van der Waals surface area contributed by atoms with Crippen LogP contribution in [0.3, 0.4) is 0 Å². The van der Waals surface area contributed by atoms with Crippen molar-refractivity contribution in [1.29, 1.82) is 0 Å². The van der Waals surface area contributed by atoms with Crippen LogP contribution in [0.5, 0.6) is 0 Å². The second-order valence-corrected chi connectivity index (χ2v) is 10.5. The molecule has 0 aromatic rings. The molecule has 9 heteroatoms. The molecule has 3 aliphatic rings. The zero-order valence-corrected chi connectivity index (χ0v) is 20.7. The third-order valence-corrected chi connectivity index (χ3v) is 7.93. The van der Waals surface area contributed by atoms with E-state index in [1.165, 1.54) is 0 Å². The van der Waals surface area contributed by atoms with Crippen molar-refractivity contribution in [2.45, 2.75) is 115 Å². The Morgan fingerprint density at radius 2 is 1.31 bits per heavy atom. The topological polar surface area (TPSA) is 118 Å². The third-order valence-electron chi connectivity index (χ3n) is 7.57. The van der Waals surface area contributed by atoms with Gasteiger partial charge in [-0.3, -0.25) is 0 Å². The molecule has 8 nitrogen and oxygen atoms in total. The Hall–Kier alpha value is 0.0300. The smallest absolute Gasteiger partial charge is 0.184 e. The van der Waals surface area contributed by atoms with E-state index >= 15 is 0 Å². The van der Waals surface area contributed by atoms with Gasteiger partial charge in [-0.05, 0) is 31.1 Å². The molecule has 0 aromatic heterocycles. The van der Waals surface area contributed by atoms with Crippen LogP contribution in [-0.4, -0.2) is 87.6 Å². The molecular weight excluding hydrogens is 436 g/mol. The van der Waals surface area contributed by atoms with Crippen molar-refractivity contribution in [1.82, 2.24) is 0 Å². The Bertz CT molecular complexity index is 594. The Kier molecular flexibility index (Phi) is 9.30. The highest BCUT2D eigenvalue weighted by Crippen LogP contribution is 2.38. The lowest BCUT2D eigenvalue weighted by Crippen LogP contribution is -2.59. The Morgan fingerprint density at radius 3 is 1.88 bits per heavy atom. The van der Waals surface area contributed by atoms with Gasteiger partial charge >= 0.3 is 0 Å². The summed E-state index contributed by atoms with van der Waals surface area (Å²) in [5, 5.41) is 42.4. The van der Waals surface area contributed by atoms with Crippen LogP contribution in [0, 0.1) is 23.7 Å². The van der Waals surface area contributed by atoms with E-state index in [0.29, 0.717) is 18.6 Å². The van der Waals surface area contributed by atoms with E-state index in [9.17, 15) is 20.4 Å². The summed E-state index contributed by atoms with van der Waals surface area (Å²) in [4.78, 5) is 0. The number of ether oxygens (including phenoxy) is 4. The molecule has 0 spiro atoms. The molecule has 2 heterocycles. The van der Waals surface area contributed by atoms with Gasteiger partial charge in [0.15, 0.2) is 12.6 Å². The maximum absolute atomic E-state index is 11.3. The van der Waals surface area contributed by atoms with Crippen LogP contribution in [0.4, 0.5) is 0 Å². The summed E-state index contributed by atoms with van der Waals surface area (Å²) in [5.74, 6) is -0.0621. The van der Waals surface area contributed by atoms with E-state index in [4.69, 9.17) is 18.9 Å². The van der Waals surface area contributed by atoms with Crippen molar-refractivity contribution < 1.29 is 39.4 Å². The van der Waals surface area contributed by atoms with Crippen LogP contribution in [0.1, 0.15) is 53.9 Å². The highest BCUT2D eigenvalue weighted by molar-refractivity contribution is 7.80. The van der Waals surface area contributed by atoms with E-state index < -0.39 is 61.2 Å². The largest absolute Gasteiger partial charge is 0.390 e. The van der Waals surface area contributed by atoms with Gasteiger partial charge in [-0.15, -0.1) is 0 Å². The van der Waals surface area contributed by atoms with E-state index in [1.54, 1.807) is 6.92 Å². The number of aliphatic hydroxyl groups excluding tert-OH is 4. The van der Waals surface area contributed by atoms with Gasteiger partial charge in [0.05, 0.1) is 36.6 Å². The van der Waals surface area contributed by atoms with Gasteiger partial charge < -0.3 is 39.4 Å². The maximum atomic E-state index is 11.3. The normalized spacial score (nSPS) is 52.7. The first kappa shape index (κ1) is 26.6. The average molecular weight is 479 g/mol. The number of hydrogen-bond acceptors (Lipinski definition) is 9. The Labute approximate surface area is 197 Å². The van der Waals surface area contributed by atoms with Gasteiger partial charge in [-0.1, -0.05) is 34.6 Å². The van der Waals surface area contributed by atoms with E-state index in [-0.39, 0.29) is 23.9 Å². The van der Waals surface area contributed by atoms with Crippen molar-refractivity contribution in [3.05, 3.63) is 0 Å². The quantitative estimate of drug-likeness (QED) is 0.363. The fourth-order valence-corrected chi connectivity index (χ4v) is 5.72. The molecule has 1 saturated carbocycles. The third kappa shape index (κ3) is 5.47. The Morgan fingerprint density at radius 1 is 0.750 bits per heavy atom. The lowest BCUT2D eigenvalue weighted by molar-refractivity contribution is -0.326. The molecule has 13 unspecified atom stereocenters. The van der Waals surface area contributed by atoms with Crippen molar-refractivity contribution in [3.63, 3.8) is 0 Å². The predicted octanol–water partition coefficient (Wildman–Crippen LogP) is 1.33. The van der Waals surface area contributed by atoms with Gasteiger partial charge in [0.1, 0.15) is 12.2 Å². The molecule has 2 aliphatic heterocycles.